The number of allylic oxidation sites excluding steroid dienone is 1. The second kappa shape index (κ2) is 8.45. The lowest BCUT2D eigenvalue weighted by atomic mass is 9.43. The topological polar surface area (TPSA) is 41.2 Å². The molecule has 2 aromatic rings. The van der Waals surface area contributed by atoms with Gasteiger partial charge >= 0.3 is 0 Å². The van der Waals surface area contributed by atoms with Gasteiger partial charge in [-0.1, -0.05) is 36.7 Å². The Morgan fingerprint density at radius 1 is 1.21 bits per heavy atom. The Morgan fingerprint density at radius 2 is 2.00 bits per heavy atom. The predicted molar refractivity (Wildman–Crippen MR) is 119 cm³/mol. The molecule has 2 atom stereocenters. The molecule has 144 valence electrons. The number of thiocarbonyl (C=S) groups is 1. The standard InChI is InChI=1S/C22H26BN3OS/c1-27-16-19-12-17-11-18(13-19)15-23(14-17)26(20-7-3-2-4-8-20)22(28)25-10-6-5-9-21(25)24/h2-10,12,17-18,24H,11,13-16H2,1H3. The maximum absolute atomic E-state index is 8.30. The maximum atomic E-state index is 8.30. The zero-order chi connectivity index (χ0) is 19.5. The first-order valence-electron chi connectivity index (χ1n) is 9.95. The lowest BCUT2D eigenvalue weighted by Gasteiger charge is -2.42. The Morgan fingerprint density at radius 3 is 2.71 bits per heavy atom. The van der Waals surface area contributed by atoms with E-state index in [0.29, 0.717) is 29.3 Å². The van der Waals surface area contributed by atoms with Crippen molar-refractivity contribution in [2.24, 2.45) is 11.8 Å². The van der Waals surface area contributed by atoms with Crippen LogP contribution >= 0.6 is 12.2 Å². The number of para-hydroxylation sites is 1. The fourth-order valence-electron chi connectivity index (χ4n) is 4.82. The number of nitrogens with zero attached hydrogens (tertiary/aromatic N) is 2. The number of nitrogens with one attached hydrogen (secondary N) is 1. The summed E-state index contributed by atoms with van der Waals surface area (Å²) in [4.78, 5) is 2.28. The third-order valence-electron chi connectivity index (χ3n) is 5.84. The number of rotatable bonds is 4. The number of benzene rings is 1. The average molecular weight is 391 g/mol. The van der Waals surface area contributed by atoms with E-state index in [0.717, 1.165) is 31.4 Å². The molecule has 4 nitrogen and oxygen atoms in total. The van der Waals surface area contributed by atoms with Crippen LogP contribution in [0.3, 0.4) is 0 Å². The van der Waals surface area contributed by atoms with Gasteiger partial charge in [0, 0.05) is 19.0 Å². The number of anilines is 1. The smallest absolute Gasteiger partial charge is 0.264 e. The molecular weight excluding hydrogens is 365 g/mol. The summed E-state index contributed by atoms with van der Waals surface area (Å²) in [6.07, 6.45) is 8.91. The van der Waals surface area contributed by atoms with Crippen LogP contribution in [0.5, 0.6) is 0 Å². The lowest BCUT2D eigenvalue weighted by Crippen LogP contribution is -2.51. The largest absolute Gasteiger partial charge is 0.380 e. The SMILES string of the molecule is COCC1=CC2CB(N(C(=S)n3ccccc3=N)c3ccccc3)CC(C1)C2. The van der Waals surface area contributed by atoms with Gasteiger partial charge < -0.3 is 9.55 Å². The number of methoxy groups -OCH3 is 1. The molecule has 1 aromatic carbocycles. The van der Waals surface area contributed by atoms with E-state index in [4.69, 9.17) is 22.4 Å². The van der Waals surface area contributed by atoms with Crippen LogP contribution in [0.2, 0.25) is 12.6 Å². The van der Waals surface area contributed by atoms with Gasteiger partial charge in [-0.2, -0.15) is 0 Å². The van der Waals surface area contributed by atoms with Crippen LogP contribution in [0.4, 0.5) is 5.69 Å². The monoisotopic (exact) mass is 391 g/mol. The maximum Gasteiger partial charge on any atom is 0.264 e. The van der Waals surface area contributed by atoms with Gasteiger partial charge in [-0.15, -0.1) is 0 Å². The van der Waals surface area contributed by atoms with Gasteiger partial charge in [-0.05, 0) is 73.1 Å². The first kappa shape index (κ1) is 19.2. The Labute approximate surface area is 172 Å². The fraction of sp³-hybridized carbons (Fsp3) is 0.364. The summed E-state index contributed by atoms with van der Waals surface area (Å²) in [6, 6.07) is 16.0. The van der Waals surface area contributed by atoms with Crippen LogP contribution in [-0.4, -0.2) is 30.2 Å². The van der Waals surface area contributed by atoms with E-state index in [1.165, 1.54) is 12.0 Å². The van der Waals surface area contributed by atoms with Gasteiger partial charge in [0.25, 0.3) is 6.85 Å². The molecule has 1 aliphatic carbocycles. The fourth-order valence-corrected chi connectivity index (χ4v) is 5.23. The van der Waals surface area contributed by atoms with Crippen molar-refractivity contribution in [3.05, 3.63) is 71.9 Å². The van der Waals surface area contributed by atoms with Crippen molar-refractivity contribution in [1.82, 2.24) is 4.57 Å². The highest BCUT2D eigenvalue weighted by Crippen LogP contribution is 2.41. The summed E-state index contributed by atoms with van der Waals surface area (Å²) >= 11 is 5.92. The zero-order valence-electron chi connectivity index (χ0n) is 16.3. The van der Waals surface area contributed by atoms with Crippen LogP contribution in [0.1, 0.15) is 12.8 Å². The molecule has 28 heavy (non-hydrogen) atoms. The van der Waals surface area contributed by atoms with Crippen molar-refractivity contribution < 1.29 is 4.74 Å². The highest BCUT2D eigenvalue weighted by atomic mass is 32.1. The minimum absolute atomic E-state index is 0.339. The van der Waals surface area contributed by atoms with Crippen LogP contribution in [-0.2, 0) is 4.74 Å². The first-order chi connectivity index (χ1) is 13.7. The summed E-state index contributed by atoms with van der Waals surface area (Å²) in [5.74, 6) is 1.25. The normalized spacial score (nSPS) is 21.2. The van der Waals surface area contributed by atoms with E-state index >= 15 is 0 Å². The molecule has 0 amide bonds. The highest BCUT2D eigenvalue weighted by Gasteiger charge is 2.39. The first-order valence-corrected chi connectivity index (χ1v) is 10.4. The number of hydrogen-bond acceptors (Lipinski definition) is 3. The van der Waals surface area contributed by atoms with Gasteiger partial charge in [0.15, 0.2) is 5.11 Å². The van der Waals surface area contributed by atoms with E-state index in [1.807, 2.05) is 24.4 Å². The molecule has 2 unspecified atom stereocenters. The van der Waals surface area contributed by atoms with E-state index in [9.17, 15) is 0 Å². The third kappa shape index (κ3) is 3.98. The third-order valence-corrected chi connectivity index (χ3v) is 6.23. The Hall–Kier alpha value is -2.18. The number of pyridine rings is 1. The summed E-state index contributed by atoms with van der Waals surface area (Å²) in [5.41, 5.74) is 2.96. The van der Waals surface area contributed by atoms with Crippen LogP contribution in [0.15, 0.2) is 66.4 Å². The molecular formula is C22H26BN3OS. The molecule has 1 fully saturated rings. The van der Waals surface area contributed by atoms with Gasteiger partial charge in [0.1, 0.15) is 5.49 Å². The van der Waals surface area contributed by atoms with Crippen LogP contribution in [0, 0.1) is 17.2 Å². The molecule has 2 aliphatic rings. The Balaban J connectivity index is 1.67. The highest BCUT2D eigenvalue weighted by molar-refractivity contribution is 7.80. The Bertz CT molecular complexity index is 927. The van der Waals surface area contributed by atoms with E-state index in [-0.39, 0.29) is 0 Å². The molecule has 0 spiro atoms. The van der Waals surface area contributed by atoms with Gasteiger partial charge in [0.2, 0.25) is 0 Å². The number of hydrogen-bond donors (Lipinski definition) is 1. The molecule has 1 saturated heterocycles. The van der Waals surface area contributed by atoms with Gasteiger partial charge in [-0.25, -0.2) is 0 Å². The van der Waals surface area contributed by atoms with Crippen LogP contribution in [0.25, 0.3) is 0 Å². The van der Waals surface area contributed by atoms with Crippen molar-refractivity contribution in [1.29, 1.82) is 5.41 Å². The summed E-state index contributed by atoms with van der Waals surface area (Å²) in [7, 11) is 1.78. The van der Waals surface area contributed by atoms with E-state index < -0.39 is 0 Å². The van der Waals surface area contributed by atoms with E-state index in [1.54, 1.807) is 17.7 Å². The quantitative estimate of drug-likeness (QED) is 0.482. The minimum atomic E-state index is 0.339. The van der Waals surface area contributed by atoms with Crippen molar-refractivity contribution in [3.8, 4) is 0 Å². The minimum Gasteiger partial charge on any atom is -0.380 e. The van der Waals surface area contributed by atoms with Crippen LogP contribution < -0.4 is 10.3 Å². The molecule has 1 aliphatic heterocycles. The Kier molecular flexibility index (Phi) is 5.78. The summed E-state index contributed by atoms with van der Waals surface area (Å²) in [5, 5.41) is 8.98. The number of ether oxygens (including phenoxy) is 1. The second-order valence-corrected chi connectivity index (χ2v) is 8.26. The average Bonchev–Trinajstić information content (AvgIpc) is 2.69. The van der Waals surface area contributed by atoms with Crippen molar-refractivity contribution in [3.63, 3.8) is 0 Å². The molecule has 2 bridgehead atoms. The molecule has 6 heteroatoms. The van der Waals surface area contributed by atoms with Crippen molar-refractivity contribution in [2.75, 3.05) is 18.5 Å². The second-order valence-electron chi connectivity index (χ2n) is 7.89. The predicted octanol–water partition coefficient (Wildman–Crippen LogP) is 4.21. The molecule has 1 aromatic heterocycles. The number of aromatic nitrogens is 1. The lowest BCUT2D eigenvalue weighted by molar-refractivity contribution is 0.214. The number of fused-ring (bicyclic) bond motifs is 2. The zero-order valence-corrected chi connectivity index (χ0v) is 17.1. The molecule has 2 heterocycles. The van der Waals surface area contributed by atoms with Gasteiger partial charge in [0.05, 0.1) is 6.61 Å². The summed E-state index contributed by atoms with van der Waals surface area (Å²) in [6.45, 7) is 1.09. The molecule has 4 rings (SSSR count). The van der Waals surface area contributed by atoms with Crippen molar-refractivity contribution >= 4 is 29.9 Å². The summed E-state index contributed by atoms with van der Waals surface area (Å²) < 4.78 is 7.18. The molecule has 0 radical (unpaired) electrons. The van der Waals surface area contributed by atoms with Gasteiger partial charge in [-0.3, -0.25) is 9.98 Å². The van der Waals surface area contributed by atoms with Crippen molar-refractivity contribution in [2.45, 2.75) is 25.5 Å². The molecule has 1 N–H and O–H groups in total. The van der Waals surface area contributed by atoms with E-state index in [2.05, 4.69) is 35.2 Å². The molecule has 0 saturated carbocycles.